The highest BCUT2D eigenvalue weighted by Gasteiger charge is 2.19. The fraction of sp³-hybridized carbons (Fsp3) is 0.391. The van der Waals surface area contributed by atoms with Gasteiger partial charge in [-0.2, -0.15) is 4.99 Å². The zero-order valence-corrected chi connectivity index (χ0v) is 19.4. The highest BCUT2D eigenvalue weighted by Crippen LogP contribution is 2.39. The number of aromatic nitrogens is 1. The van der Waals surface area contributed by atoms with Gasteiger partial charge in [-0.3, -0.25) is 4.79 Å². The first kappa shape index (κ1) is 22.0. The second-order valence-corrected chi connectivity index (χ2v) is 7.93. The summed E-state index contributed by atoms with van der Waals surface area (Å²) < 4.78 is 31.3. The number of rotatable bonds is 7. The molecule has 0 radical (unpaired) electrons. The minimum atomic E-state index is -0.394. The minimum absolute atomic E-state index is 0.365. The van der Waals surface area contributed by atoms with Crippen LogP contribution < -0.4 is 28.5 Å². The molecule has 3 aromatic rings. The van der Waals surface area contributed by atoms with Crippen molar-refractivity contribution in [3.63, 3.8) is 0 Å². The van der Waals surface area contributed by atoms with Gasteiger partial charge in [-0.1, -0.05) is 11.3 Å². The largest absolute Gasteiger partial charge is 0.490 e. The third kappa shape index (κ3) is 4.25. The van der Waals surface area contributed by atoms with Crippen molar-refractivity contribution in [3.05, 3.63) is 34.6 Å². The van der Waals surface area contributed by atoms with Crippen LogP contribution in [0.1, 0.15) is 31.1 Å². The van der Waals surface area contributed by atoms with Gasteiger partial charge in [0.1, 0.15) is 13.2 Å². The third-order valence-electron chi connectivity index (χ3n) is 4.83. The average Bonchev–Trinajstić information content (AvgIpc) is 3.08. The number of ether oxygens (including phenoxy) is 5. The standard InChI is InChI=1S/C23H26N2O6S/c1-5-27-18-10-14(11-19(28-6-2)21(18)29-7-3)22(26)24-23-25(4)15-12-16-17(13-20(15)32-23)31-9-8-30-16/h10-13H,5-9H2,1-4H3. The van der Waals surface area contributed by atoms with Crippen molar-refractivity contribution in [1.82, 2.24) is 4.57 Å². The summed E-state index contributed by atoms with van der Waals surface area (Å²) in [5.74, 6) is 2.42. The SMILES string of the molecule is CCOc1cc(C(=O)N=c2sc3cc4c(cc3n2C)OCCO4)cc(OCC)c1OCC. The lowest BCUT2D eigenvalue weighted by Gasteiger charge is -2.18. The molecule has 0 aliphatic carbocycles. The summed E-state index contributed by atoms with van der Waals surface area (Å²) in [5, 5.41) is 0. The summed E-state index contributed by atoms with van der Waals surface area (Å²) in [6.45, 7) is 7.99. The summed E-state index contributed by atoms with van der Waals surface area (Å²) in [6, 6.07) is 7.14. The van der Waals surface area contributed by atoms with Crippen molar-refractivity contribution in [1.29, 1.82) is 0 Å². The summed E-state index contributed by atoms with van der Waals surface area (Å²) in [7, 11) is 1.87. The smallest absolute Gasteiger partial charge is 0.279 e. The lowest BCUT2D eigenvalue weighted by molar-refractivity contribution is 0.0997. The molecule has 1 amide bonds. The summed E-state index contributed by atoms with van der Waals surface area (Å²) in [6.07, 6.45) is 0. The van der Waals surface area contributed by atoms with Crippen LogP contribution in [0, 0.1) is 0 Å². The molecule has 2 aromatic carbocycles. The van der Waals surface area contributed by atoms with E-state index in [1.165, 1.54) is 11.3 Å². The van der Waals surface area contributed by atoms with E-state index in [4.69, 9.17) is 23.7 Å². The summed E-state index contributed by atoms with van der Waals surface area (Å²) in [5.41, 5.74) is 1.28. The minimum Gasteiger partial charge on any atom is -0.490 e. The number of amides is 1. The van der Waals surface area contributed by atoms with Crippen LogP contribution in [0.5, 0.6) is 28.7 Å². The molecule has 4 rings (SSSR count). The van der Waals surface area contributed by atoms with Gasteiger partial charge in [0.15, 0.2) is 27.8 Å². The van der Waals surface area contributed by atoms with E-state index in [1.54, 1.807) is 12.1 Å². The van der Waals surface area contributed by atoms with E-state index in [1.807, 2.05) is 44.5 Å². The van der Waals surface area contributed by atoms with Crippen molar-refractivity contribution >= 4 is 27.5 Å². The Morgan fingerprint density at radius 3 is 2.16 bits per heavy atom. The number of benzene rings is 2. The molecule has 1 aliphatic rings. The quantitative estimate of drug-likeness (QED) is 0.533. The number of thiazole rings is 1. The lowest BCUT2D eigenvalue weighted by Crippen LogP contribution is -2.16. The Morgan fingerprint density at radius 1 is 0.969 bits per heavy atom. The molecule has 0 spiro atoms. The Kier molecular flexibility index (Phi) is 6.55. The van der Waals surface area contributed by atoms with Crippen LogP contribution >= 0.6 is 11.3 Å². The number of hydrogen-bond donors (Lipinski definition) is 0. The molecule has 1 aromatic heterocycles. The first-order valence-electron chi connectivity index (χ1n) is 10.6. The number of nitrogens with zero attached hydrogens (tertiary/aromatic N) is 2. The zero-order chi connectivity index (χ0) is 22.7. The Hall–Kier alpha value is -3.20. The molecule has 0 bridgehead atoms. The first-order chi connectivity index (χ1) is 15.5. The van der Waals surface area contributed by atoms with Crippen molar-refractivity contribution in [2.75, 3.05) is 33.0 Å². The van der Waals surface area contributed by atoms with Crippen LogP contribution in [-0.4, -0.2) is 43.5 Å². The molecule has 32 heavy (non-hydrogen) atoms. The molecular weight excluding hydrogens is 432 g/mol. The second kappa shape index (κ2) is 9.52. The summed E-state index contributed by atoms with van der Waals surface area (Å²) >= 11 is 1.41. The van der Waals surface area contributed by atoms with Crippen molar-refractivity contribution in [2.24, 2.45) is 12.0 Å². The van der Waals surface area contributed by atoms with E-state index in [2.05, 4.69) is 4.99 Å². The maximum Gasteiger partial charge on any atom is 0.279 e. The number of carbonyl (C=O) groups is 1. The average molecular weight is 459 g/mol. The van der Waals surface area contributed by atoms with Crippen molar-refractivity contribution < 1.29 is 28.5 Å². The van der Waals surface area contributed by atoms with Gasteiger partial charge < -0.3 is 28.3 Å². The molecule has 0 unspecified atom stereocenters. The van der Waals surface area contributed by atoms with Crippen molar-refractivity contribution in [3.8, 4) is 28.7 Å². The Balaban J connectivity index is 1.77. The van der Waals surface area contributed by atoms with Crippen molar-refractivity contribution in [2.45, 2.75) is 20.8 Å². The van der Waals surface area contributed by atoms with Crippen LogP contribution in [0.2, 0.25) is 0 Å². The second-order valence-electron chi connectivity index (χ2n) is 6.92. The third-order valence-corrected chi connectivity index (χ3v) is 5.92. The van der Waals surface area contributed by atoms with Gasteiger partial charge in [0.25, 0.3) is 5.91 Å². The molecule has 170 valence electrons. The van der Waals surface area contributed by atoms with Gasteiger partial charge in [0, 0.05) is 24.7 Å². The number of carbonyl (C=O) groups excluding carboxylic acids is 1. The van der Waals surface area contributed by atoms with Crippen LogP contribution in [0.4, 0.5) is 0 Å². The molecule has 0 saturated carbocycles. The van der Waals surface area contributed by atoms with Crippen LogP contribution in [0.25, 0.3) is 10.2 Å². The molecule has 1 aliphatic heterocycles. The molecule has 0 saturated heterocycles. The summed E-state index contributed by atoms with van der Waals surface area (Å²) in [4.78, 5) is 18.1. The molecular formula is C23H26N2O6S. The van der Waals surface area contributed by atoms with Gasteiger partial charge in [-0.25, -0.2) is 0 Å². The molecule has 0 atom stereocenters. The molecule has 2 heterocycles. The van der Waals surface area contributed by atoms with Crippen LogP contribution in [0.15, 0.2) is 29.3 Å². The Bertz CT molecular complexity index is 1190. The van der Waals surface area contributed by atoms with E-state index < -0.39 is 5.91 Å². The van der Waals surface area contributed by atoms with Gasteiger partial charge in [-0.05, 0) is 32.9 Å². The molecule has 0 fully saturated rings. The van der Waals surface area contributed by atoms with E-state index in [-0.39, 0.29) is 0 Å². The molecule has 8 nitrogen and oxygen atoms in total. The predicted octanol–water partition coefficient (Wildman–Crippen LogP) is 3.95. The van der Waals surface area contributed by atoms with Gasteiger partial charge in [-0.15, -0.1) is 0 Å². The van der Waals surface area contributed by atoms with E-state index in [0.29, 0.717) is 72.1 Å². The maximum atomic E-state index is 13.1. The Morgan fingerprint density at radius 2 is 1.56 bits per heavy atom. The van der Waals surface area contributed by atoms with Crippen LogP contribution in [0.3, 0.4) is 0 Å². The predicted molar refractivity (Wildman–Crippen MR) is 122 cm³/mol. The van der Waals surface area contributed by atoms with Crippen LogP contribution in [-0.2, 0) is 7.05 Å². The van der Waals surface area contributed by atoms with Gasteiger partial charge in [0.2, 0.25) is 5.75 Å². The molecule has 0 N–H and O–H groups in total. The van der Waals surface area contributed by atoms with E-state index in [9.17, 15) is 4.79 Å². The fourth-order valence-electron chi connectivity index (χ4n) is 3.43. The van der Waals surface area contributed by atoms with E-state index in [0.717, 1.165) is 10.2 Å². The number of fused-ring (bicyclic) bond motifs is 2. The maximum absolute atomic E-state index is 13.1. The molecule has 9 heteroatoms. The highest BCUT2D eigenvalue weighted by molar-refractivity contribution is 7.16. The van der Waals surface area contributed by atoms with Gasteiger partial charge >= 0.3 is 0 Å². The Labute approximate surface area is 190 Å². The normalized spacial score (nSPS) is 13.3. The zero-order valence-electron chi connectivity index (χ0n) is 18.6. The van der Waals surface area contributed by atoms with Gasteiger partial charge in [0.05, 0.1) is 30.0 Å². The van der Waals surface area contributed by atoms with E-state index >= 15 is 0 Å². The highest BCUT2D eigenvalue weighted by atomic mass is 32.1. The number of aryl methyl sites for hydroxylation is 1. The number of hydrogen-bond acceptors (Lipinski definition) is 7. The lowest BCUT2D eigenvalue weighted by atomic mass is 10.1. The monoisotopic (exact) mass is 458 g/mol. The fourth-order valence-corrected chi connectivity index (χ4v) is 4.46. The topological polar surface area (TPSA) is 80.5 Å². The first-order valence-corrected chi connectivity index (χ1v) is 11.4.